The molecule has 0 spiro atoms. The van der Waals surface area contributed by atoms with Gasteiger partial charge in [0.2, 0.25) is 5.89 Å². The standard InChI is InChI=1S/C21H21N3O4/c1-21(19-23-17-15(18(22)25)9-5-10-16(17)28-19)11-6-12-24(21)20(26)27-13-14-7-3-2-4-8-14/h2-5,7-10H,6,11-13H2,1H3,(H2,22,25). The van der Waals surface area contributed by atoms with Crippen molar-refractivity contribution in [3.8, 4) is 0 Å². The lowest BCUT2D eigenvalue weighted by molar-refractivity contribution is 0.0605. The van der Waals surface area contributed by atoms with Crippen LogP contribution in [0, 0.1) is 0 Å². The number of fused-ring (bicyclic) bond motifs is 1. The van der Waals surface area contributed by atoms with Crippen molar-refractivity contribution in [2.45, 2.75) is 31.9 Å². The first-order chi connectivity index (χ1) is 13.5. The Labute approximate surface area is 162 Å². The van der Waals surface area contributed by atoms with Crippen molar-refractivity contribution in [3.05, 3.63) is 65.5 Å². The molecule has 1 unspecified atom stereocenters. The highest BCUT2D eigenvalue weighted by Gasteiger charge is 2.46. The van der Waals surface area contributed by atoms with Crippen LogP contribution in [0.4, 0.5) is 4.79 Å². The monoisotopic (exact) mass is 379 g/mol. The number of hydrogen-bond donors (Lipinski definition) is 1. The molecule has 0 saturated carbocycles. The second-order valence-electron chi connectivity index (χ2n) is 7.10. The van der Waals surface area contributed by atoms with Crippen LogP contribution in [-0.4, -0.2) is 28.4 Å². The highest BCUT2D eigenvalue weighted by Crippen LogP contribution is 2.40. The summed E-state index contributed by atoms with van der Waals surface area (Å²) in [5.74, 6) is -0.188. The fourth-order valence-corrected chi connectivity index (χ4v) is 3.65. The van der Waals surface area contributed by atoms with Gasteiger partial charge in [0.25, 0.3) is 5.91 Å². The normalized spacial score (nSPS) is 19.1. The third kappa shape index (κ3) is 3.09. The number of carbonyl (C=O) groups is 2. The Hall–Kier alpha value is -3.35. The van der Waals surface area contributed by atoms with E-state index in [2.05, 4.69) is 4.98 Å². The number of carbonyl (C=O) groups excluding carboxylic acids is 2. The molecule has 0 radical (unpaired) electrons. The van der Waals surface area contributed by atoms with Gasteiger partial charge >= 0.3 is 6.09 Å². The third-order valence-corrected chi connectivity index (χ3v) is 5.21. The minimum atomic E-state index is -0.748. The molecule has 1 aliphatic rings. The van der Waals surface area contributed by atoms with E-state index in [4.69, 9.17) is 14.9 Å². The summed E-state index contributed by atoms with van der Waals surface area (Å²) >= 11 is 0. The van der Waals surface area contributed by atoms with E-state index in [0.29, 0.717) is 35.5 Å². The Bertz CT molecular complexity index is 1030. The summed E-state index contributed by atoms with van der Waals surface area (Å²) in [5, 5.41) is 0. The van der Waals surface area contributed by atoms with E-state index in [1.165, 1.54) is 0 Å². The van der Waals surface area contributed by atoms with Crippen molar-refractivity contribution >= 4 is 23.1 Å². The Morgan fingerprint density at radius 3 is 2.75 bits per heavy atom. The summed E-state index contributed by atoms with van der Waals surface area (Å²) in [4.78, 5) is 30.6. The molecule has 7 heteroatoms. The Morgan fingerprint density at radius 1 is 1.21 bits per heavy atom. The number of ether oxygens (including phenoxy) is 1. The fourth-order valence-electron chi connectivity index (χ4n) is 3.65. The van der Waals surface area contributed by atoms with Gasteiger partial charge in [-0.15, -0.1) is 0 Å². The first-order valence-electron chi connectivity index (χ1n) is 9.17. The zero-order valence-corrected chi connectivity index (χ0v) is 15.6. The van der Waals surface area contributed by atoms with Crippen molar-refractivity contribution < 1.29 is 18.7 Å². The highest BCUT2D eigenvalue weighted by molar-refractivity contribution is 6.03. The number of primary amides is 1. The van der Waals surface area contributed by atoms with Gasteiger partial charge in [0, 0.05) is 6.54 Å². The van der Waals surface area contributed by atoms with Gasteiger partial charge in [-0.05, 0) is 37.5 Å². The van der Waals surface area contributed by atoms with E-state index >= 15 is 0 Å². The van der Waals surface area contributed by atoms with Crippen LogP contribution in [-0.2, 0) is 16.9 Å². The van der Waals surface area contributed by atoms with E-state index in [9.17, 15) is 9.59 Å². The molecule has 2 aromatic carbocycles. The molecule has 4 rings (SSSR count). The van der Waals surface area contributed by atoms with Gasteiger partial charge in [-0.3, -0.25) is 9.69 Å². The minimum Gasteiger partial charge on any atom is -0.445 e. The molecule has 2 heterocycles. The number of para-hydroxylation sites is 1. The molecule has 144 valence electrons. The zero-order chi connectivity index (χ0) is 19.7. The third-order valence-electron chi connectivity index (χ3n) is 5.21. The summed E-state index contributed by atoms with van der Waals surface area (Å²) < 4.78 is 11.4. The molecule has 1 aromatic heterocycles. The summed E-state index contributed by atoms with van der Waals surface area (Å²) in [6.07, 6.45) is 1.08. The Kier molecular flexibility index (Phi) is 4.50. The molecule has 3 aromatic rings. The summed E-state index contributed by atoms with van der Waals surface area (Å²) in [6.45, 7) is 2.65. The molecule has 0 bridgehead atoms. The topological polar surface area (TPSA) is 98.7 Å². The van der Waals surface area contributed by atoms with Crippen molar-refractivity contribution in [3.63, 3.8) is 0 Å². The second kappa shape index (κ2) is 6.99. The Morgan fingerprint density at radius 2 is 2.00 bits per heavy atom. The maximum atomic E-state index is 12.8. The summed E-state index contributed by atoms with van der Waals surface area (Å²) in [6, 6.07) is 14.6. The zero-order valence-electron chi connectivity index (χ0n) is 15.6. The van der Waals surface area contributed by atoms with Crippen LogP contribution in [0.1, 0.15) is 41.6 Å². The molecule has 2 N–H and O–H groups in total. The van der Waals surface area contributed by atoms with Crippen molar-refractivity contribution in [1.82, 2.24) is 9.88 Å². The number of nitrogens with zero attached hydrogens (tertiary/aromatic N) is 2. The highest BCUT2D eigenvalue weighted by atomic mass is 16.6. The number of amides is 2. The fraction of sp³-hybridized carbons (Fsp3) is 0.286. The lowest BCUT2D eigenvalue weighted by Crippen LogP contribution is -2.43. The molecule has 2 amide bonds. The van der Waals surface area contributed by atoms with Gasteiger partial charge in [-0.25, -0.2) is 9.78 Å². The van der Waals surface area contributed by atoms with Crippen LogP contribution < -0.4 is 5.73 Å². The van der Waals surface area contributed by atoms with Gasteiger partial charge in [0.15, 0.2) is 5.58 Å². The van der Waals surface area contributed by atoms with Gasteiger partial charge in [-0.2, -0.15) is 0 Å². The first kappa shape index (κ1) is 18.0. The molecular weight excluding hydrogens is 358 g/mol. The van der Waals surface area contributed by atoms with Gasteiger partial charge in [0.1, 0.15) is 17.7 Å². The largest absolute Gasteiger partial charge is 0.445 e. The van der Waals surface area contributed by atoms with Crippen molar-refractivity contribution in [2.75, 3.05) is 6.54 Å². The van der Waals surface area contributed by atoms with Gasteiger partial charge < -0.3 is 14.9 Å². The van der Waals surface area contributed by atoms with Crippen LogP contribution in [0.15, 0.2) is 52.9 Å². The van der Waals surface area contributed by atoms with Crippen molar-refractivity contribution in [1.29, 1.82) is 0 Å². The lowest BCUT2D eigenvalue weighted by atomic mass is 9.99. The number of hydrogen-bond acceptors (Lipinski definition) is 5. The molecule has 1 aliphatic heterocycles. The smallest absolute Gasteiger partial charge is 0.410 e. The summed E-state index contributed by atoms with van der Waals surface area (Å²) in [5.41, 5.74) is 6.79. The van der Waals surface area contributed by atoms with E-state index in [1.807, 2.05) is 37.3 Å². The predicted molar refractivity (Wildman–Crippen MR) is 102 cm³/mol. The van der Waals surface area contributed by atoms with E-state index in [1.54, 1.807) is 23.1 Å². The van der Waals surface area contributed by atoms with Crippen LogP contribution in [0.2, 0.25) is 0 Å². The molecule has 0 aliphatic carbocycles. The molecule has 1 fully saturated rings. The van der Waals surface area contributed by atoms with Gasteiger partial charge in [-0.1, -0.05) is 36.4 Å². The minimum absolute atomic E-state index is 0.200. The second-order valence-corrected chi connectivity index (χ2v) is 7.10. The van der Waals surface area contributed by atoms with Gasteiger partial charge in [0.05, 0.1) is 5.56 Å². The SMILES string of the molecule is CC1(c2nc3c(C(N)=O)cccc3o2)CCCN1C(=O)OCc1ccccc1. The number of likely N-dealkylation sites (tertiary alicyclic amines) is 1. The number of nitrogens with two attached hydrogens (primary N) is 1. The van der Waals surface area contributed by atoms with E-state index < -0.39 is 17.5 Å². The first-order valence-corrected chi connectivity index (χ1v) is 9.17. The predicted octanol–water partition coefficient (Wildman–Crippen LogP) is 3.57. The maximum Gasteiger partial charge on any atom is 0.410 e. The average molecular weight is 379 g/mol. The van der Waals surface area contributed by atoms with Crippen LogP contribution in [0.3, 0.4) is 0 Å². The van der Waals surface area contributed by atoms with Crippen LogP contribution in [0.25, 0.3) is 11.1 Å². The Balaban J connectivity index is 1.61. The molecule has 28 heavy (non-hydrogen) atoms. The maximum absolute atomic E-state index is 12.8. The van der Waals surface area contributed by atoms with Crippen LogP contribution >= 0.6 is 0 Å². The van der Waals surface area contributed by atoms with Crippen molar-refractivity contribution in [2.24, 2.45) is 5.73 Å². The quantitative estimate of drug-likeness (QED) is 0.747. The average Bonchev–Trinajstić information content (AvgIpc) is 3.31. The summed E-state index contributed by atoms with van der Waals surface area (Å²) in [7, 11) is 0. The molecule has 7 nitrogen and oxygen atoms in total. The van der Waals surface area contributed by atoms with Crippen LogP contribution in [0.5, 0.6) is 0 Å². The molecule has 1 atom stereocenters. The molecule has 1 saturated heterocycles. The lowest BCUT2D eigenvalue weighted by Gasteiger charge is -2.31. The van der Waals surface area contributed by atoms with E-state index in [-0.39, 0.29) is 6.61 Å². The number of oxazole rings is 1. The number of benzene rings is 2. The molecular formula is C21H21N3O4. The van der Waals surface area contributed by atoms with E-state index in [0.717, 1.165) is 12.0 Å². The number of rotatable bonds is 4. The number of aromatic nitrogens is 1.